The lowest BCUT2D eigenvalue weighted by molar-refractivity contribution is -0.124. The summed E-state index contributed by atoms with van der Waals surface area (Å²) in [7, 11) is 1.89. The number of aromatic nitrogens is 2. The predicted molar refractivity (Wildman–Crippen MR) is 92.4 cm³/mol. The van der Waals surface area contributed by atoms with E-state index in [9.17, 15) is 4.79 Å². The van der Waals surface area contributed by atoms with E-state index in [4.69, 9.17) is 0 Å². The fourth-order valence-electron chi connectivity index (χ4n) is 2.31. The van der Waals surface area contributed by atoms with Gasteiger partial charge >= 0.3 is 0 Å². The van der Waals surface area contributed by atoms with Crippen molar-refractivity contribution < 1.29 is 4.79 Å². The zero-order chi connectivity index (χ0) is 15.9. The summed E-state index contributed by atoms with van der Waals surface area (Å²) in [6, 6.07) is 2.03. The molecule has 1 amide bonds. The zero-order valence-corrected chi connectivity index (χ0v) is 13.9. The van der Waals surface area contributed by atoms with Crippen LogP contribution in [0.3, 0.4) is 0 Å². The number of anilines is 1. The van der Waals surface area contributed by atoms with Gasteiger partial charge in [-0.05, 0) is 30.4 Å². The van der Waals surface area contributed by atoms with Crippen molar-refractivity contribution in [3.05, 3.63) is 29.9 Å². The molecule has 0 aliphatic carbocycles. The van der Waals surface area contributed by atoms with Gasteiger partial charge in [0.25, 0.3) is 0 Å². The second kappa shape index (κ2) is 7.89. The monoisotopic (exact) mass is 318 g/mol. The average molecular weight is 318 g/mol. The first kappa shape index (κ1) is 16.4. The Hall–Kier alpha value is -1.95. The molecule has 3 rings (SSSR count). The molecule has 2 aromatic heterocycles. The van der Waals surface area contributed by atoms with Crippen LogP contribution >= 0.6 is 11.3 Å². The second-order valence-electron chi connectivity index (χ2n) is 4.96. The zero-order valence-electron chi connectivity index (χ0n) is 13.1. The van der Waals surface area contributed by atoms with Gasteiger partial charge in [-0.2, -0.15) is 0 Å². The number of amides is 1. The predicted octanol–water partition coefficient (Wildman–Crippen LogP) is 3.09. The first-order valence-corrected chi connectivity index (χ1v) is 8.40. The molecule has 1 N–H and O–H groups in total. The fourth-order valence-corrected chi connectivity index (χ4v) is 3.13. The minimum Gasteiger partial charge on any atom is -0.372 e. The van der Waals surface area contributed by atoms with E-state index >= 15 is 0 Å². The minimum atomic E-state index is 0.0764. The summed E-state index contributed by atoms with van der Waals surface area (Å²) >= 11 is 1.67. The van der Waals surface area contributed by atoms with Crippen molar-refractivity contribution in [3.8, 4) is 0 Å². The number of aryl methyl sites for hydroxylation is 1. The highest BCUT2D eigenvalue weighted by molar-refractivity contribution is 7.17. The van der Waals surface area contributed by atoms with Crippen LogP contribution in [0.25, 0.3) is 10.2 Å². The Bertz CT molecular complexity index is 647. The fraction of sp³-hybridized carbons (Fsp3) is 0.438. The normalized spacial score (nSPS) is 13.6. The Labute approximate surface area is 135 Å². The minimum absolute atomic E-state index is 0.0764. The van der Waals surface area contributed by atoms with E-state index in [-0.39, 0.29) is 5.91 Å². The average Bonchev–Trinajstić information content (AvgIpc) is 3.24. The van der Waals surface area contributed by atoms with E-state index in [0.29, 0.717) is 0 Å². The maximum Gasteiger partial charge on any atom is 0.245 e. The molecule has 1 aliphatic heterocycles. The van der Waals surface area contributed by atoms with Crippen molar-refractivity contribution >= 4 is 33.3 Å². The molecule has 22 heavy (non-hydrogen) atoms. The molecule has 0 atom stereocenters. The van der Waals surface area contributed by atoms with Crippen LogP contribution < -0.4 is 5.32 Å². The highest BCUT2D eigenvalue weighted by Gasteiger charge is 2.14. The molecule has 0 aromatic carbocycles. The van der Waals surface area contributed by atoms with E-state index in [1.807, 2.05) is 23.4 Å². The van der Waals surface area contributed by atoms with Crippen molar-refractivity contribution in [2.45, 2.75) is 26.2 Å². The highest BCUT2D eigenvalue weighted by Crippen LogP contribution is 2.25. The summed E-state index contributed by atoms with van der Waals surface area (Å²) in [6.45, 7) is 7.32. The Morgan fingerprint density at radius 2 is 2.18 bits per heavy atom. The van der Waals surface area contributed by atoms with Gasteiger partial charge < -0.3 is 10.2 Å². The molecule has 1 saturated heterocycles. The topological polar surface area (TPSA) is 58.1 Å². The van der Waals surface area contributed by atoms with E-state index < -0.39 is 0 Å². The van der Waals surface area contributed by atoms with Gasteiger partial charge in [0.1, 0.15) is 11.6 Å². The van der Waals surface area contributed by atoms with E-state index in [1.165, 1.54) is 6.08 Å². The van der Waals surface area contributed by atoms with Crippen LogP contribution in [0.15, 0.2) is 24.1 Å². The molecule has 5 nitrogen and oxygen atoms in total. The Kier molecular flexibility index (Phi) is 5.89. The molecule has 0 saturated carbocycles. The standard InChI is InChI=1S/C9H11N3S.C7H11NO/c1-3-7-11-6-4-5-13-8(6)9(10-2)12-7;1-2-7(9)8-5-3-4-6-8/h4-5H,3H2,1-2H3,(H,10,11,12);2H,1,3-6H2. The second-order valence-corrected chi connectivity index (χ2v) is 5.88. The molecule has 0 bridgehead atoms. The molecule has 0 radical (unpaired) electrons. The summed E-state index contributed by atoms with van der Waals surface area (Å²) in [5, 5.41) is 5.13. The lowest BCUT2D eigenvalue weighted by Crippen LogP contribution is -2.25. The lowest BCUT2D eigenvalue weighted by Gasteiger charge is -2.10. The maximum atomic E-state index is 10.8. The quantitative estimate of drug-likeness (QED) is 0.884. The Balaban J connectivity index is 0.000000172. The molecular formula is C16H22N4OS. The molecular weight excluding hydrogens is 296 g/mol. The molecule has 118 valence electrons. The van der Waals surface area contributed by atoms with Crippen LogP contribution in [-0.4, -0.2) is 40.9 Å². The van der Waals surface area contributed by atoms with Crippen molar-refractivity contribution in [2.24, 2.45) is 0 Å². The van der Waals surface area contributed by atoms with Gasteiger partial charge in [-0.25, -0.2) is 9.97 Å². The van der Waals surface area contributed by atoms with Crippen molar-refractivity contribution in [1.82, 2.24) is 14.9 Å². The number of hydrogen-bond acceptors (Lipinski definition) is 5. The van der Waals surface area contributed by atoms with E-state index in [2.05, 4.69) is 28.8 Å². The maximum absolute atomic E-state index is 10.8. The Morgan fingerprint density at radius 3 is 2.77 bits per heavy atom. The van der Waals surface area contributed by atoms with Crippen LogP contribution in [0.4, 0.5) is 5.82 Å². The molecule has 1 fully saturated rings. The number of fused-ring (bicyclic) bond motifs is 1. The van der Waals surface area contributed by atoms with Crippen LogP contribution in [0.5, 0.6) is 0 Å². The molecule has 3 heterocycles. The number of thiophene rings is 1. The van der Waals surface area contributed by atoms with Crippen molar-refractivity contribution in [1.29, 1.82) is 0 Å². The third-order valence-corrected chi connectivity index (χ3v) is 4.41. The molecule has 6 heteroatoms. The van der Waals surface area contributed by atoms with Crippen LogP contribution in [0.2, 0.25) is 0 Å². The largest absolute Gasteiger partial charge is 0.372 e. The highest BCUT2D eigenvalue weighted by atomic mass is 32.1. The molecule has 0 unspecified atom stereocenters. The third kappa shape index (κ3) is 3.82. The number of carbonyl (C=O) groups is 1. The van der Waals surface area contributed by atoms with Crippen molar-refractivity contribution in [3.63, 3.8) is 0 Å². The summed E-state index contributed by atoms with van der Waals surface area (Å²) in [4.78, 5) is 21.5. The van der Waals surface area contributed by atoms with Gasteiger partial charge in [0.05, 0.1) is 10.2 Å². The first-order valence-electron chi connectivity index (χ1n) is 7.52. The third-order valence-electron chi connectivity index (χ3n) is 3.50. The number of likely N-dealkylation sites (tertiary alicyclic amines) is 1. The first-order chi connectivity index (χ1) is 10.7. The number of nitrogens with one attached hydrogen (secondary N) is 1. The van der Waals surface area contributed by atoms with Crippen LogP contribution in [-0.2, 0) is 11.2 Å². The van der Waals surface area contributed by atoms with E-state index in [0.717, 1.165) is 54.2 Å². The van der Waals surface area contributed by atoms with E-state index in [1.54, 1.807) is 11.3 Å². The van der Waals surface area contributed by atoms with Crippen molar-refractivity contribution in [2.75, 3.05) is 25.5 Å². The van der Waals surface area contributed by atoms with Gasteiger partial charge in [-0.3, -0.25) is 4.79 Å². The number of carbonyl (C=O) groups excluding carboxylic acids is 1. The van der Waals surface area contributed by atoms with Crippen LogP contribution in [0, 0.1) is 0 Å². The van der Waals surface area contributed by atoms with Gasteiger partial charge in [0.2, 0.25) is 5.91 Å². The number of rotatable bonds is 3. The Morgan fingerprint density at radius 1 is 1.45 bits per heavy atom. The number of nitrogens with zero attached hydrogens (tertiary/aromatic N) is 3. The summed E-state index contributed by atoms with van der Waals surface area (Å²) < 4.78 is 1.14. The summed E-state index contributed by atoms with van der Waals surface area (Å²) in [6.07, 6.45) is 4.56. The molecule has 1 aliphatic rings. The smallest absolute Gasteiger partial charge is 0.245 e. The summed E-state index contributed by atoms with van der Waals surface area (Å²) in [5.74, 6) is 1.92. The summed E-state index contributed by atoms with van der Waals surface area (Å²) in [5.41, 5.74) is 1.04. The molecule has 0 spiro atoms. The van der Waals surface area contributed by atoms with Gasteiger partial charge in [0.15, 0.2) is 0 Å². The number of hydrogen-bond donors (Lipinski definition) is 1. The molecule has 2 aromatic rings. The SMILES string of the molecule is C=CC(=O)N1CCCC1.CCc1nc(NC)c2sccc2n1. The van der Waals surface area contributed by atoms with Crippen LogP contribution in [0.1, 0.15) is 25.6 Å². The lowest BCUT2D eigenvalue weighted by atomic mass is 10.4. The van der Waals surface area contributed by atoms with Gasteiger partial charge in [0, 0.05) is 26.6 Å². The van der Waals surface area contributed by atoms with Gasteiger partial charge in [-0.1, -0.05) is 13.5 Å². The van der Waals surface area contributed by atoms with Gasteiger partial charge in [-0.15, -0.1) is 11.3 Å².